The molecule has 60 heavy (non-hydrogen) atoms. The van der Waals surface area contributed by atoms with Gasteiger partial charge in [0.1, 0.15) is 13.2 Å². The predicted octanol–water partition coefficient (Wildman–Crippen LogP) is 13.8. The average molecular weight is 865 g/mol. The minimum atomic E-state index is -4.60. The van der Waals surface area contributed by atoms with Crippen LogP contribution in [0.5, 0.6) is 0 Å². The molecule has 1 amide bonds. The van der Waals surface area contributed by atoms with Gasteiger partial charge in [0.15, 0.2) is 0 Å². The van der Waals surface area contributed by atoms with E-state index in [1.165, 1.54) is 154 Å². The van der Waals surface area contributed by atoms with E-state index < -0.39 is 26.6 Å². The zero-order valence-electron chi connectivity index (χ0n) is 39.9. The third kappa shape index (κ3) is 44.5. The molecule has 0 bridgehead atoms. The minimum absolute atomic E-state index is 0.00813. The van der Waals surface area contributed by atoms with Crippen LogP contribution in [0.15, 0.2) is 48.6 Å². The molecule has 3 atom stereocenters. The number of carbonyl (C=O) groups is 1. The van der Waals surface area contributed by atoms with E-state index in [0.717, 1.165) is 44.9 Å². The quantitative estimate of drug-likeness (QED) is 0.0273. The number of unbranched alkanes of at least 4 members (excludes halogenated alkanes) is 26. The van der Waals surface area contributed by atoms with E-state index in [2.05, 4.69) is 55.6 Å². The summed E-state index contributed by atoms with van der Waals surface area (Å²) in [4.78, 5) is 25.4. The van der Waals surface area contributed by atoms with Gasteiger partial charge in [-0.1, -0.05) is 197 Å². The van der Waals surface area contributed by atoms with Gasteiger partial charge in [-0.25, -0.2) is 0 Å². The van der Waals surface area contributed by atoms with Gasteiger partial charge in [0.05, 0.1) is 39.9 Å². The number of hydrogen-bond acceptors (Lipinski definition) is 6. The Morgan fingerprint density at radius 3 is 1.48 bits per heavy atom. The number of likely N-dealkylation sites (N-methyl/N-ethyl adjacent to an activating group) is 1. The summed E-state index contributed by atoms with van der Waals surface area (Å²) < 4.78 is 23.2. The second-order valence-electron chi connectivity index (χ2n) is 18.2. The van der Waals surface area contributed by atoms with Gasteiger partial charge in [0, 0.05) is 6.42 Å². The first-order chi connectivity index (χ1) is 29.0. The van der Waals surface area contributed by atoms with Crippen molar-refractivity contribution < 1.29 is 32.9 Å². The van der Waals surface area contributed by atoms with Crippen LogP contribution in [0.3, 0.4) is 0 Å². The lowest BCUT2D eigenvalue weighted by atomic mass is 10.0. The lowest BCUT2D eigenvalue weighted by Gasteiger charge is -2.29. The van der Waals surface area contributed by atoms with E-state index in [4.69, 9.17) is 9.05 Å². The first kappa shape index (κ1) is 58.5. The molecule has 3 unspecified atom stereocenters. The van der Waals surface area contributed by atoms with Crippen molar-refractivity contribution in [2.24, 2.45) is 0 Å². The molecule has 0 aliphatic heterocycles. The van der Waals surface area contributed by atoms with Crippen molar-refractivity contribution in [2.45, 2.75) is 231 Å². The molecule has 9 heteroatoms. The van der Waals surface area contributed by atoms with Crippen LogP contribution >= 0.6 is 7.82 Å². The topological polar surface area (TPSA) is 108 Å². The summed E-state index contributed by atoms with van der Waals surface area (Å²) in [5, 5.41) is 13.8. The third-order valence-corrected chi connectivity index (χ3v) is 12.0. The summed E-state index contributed by atoms with van der Waals surface area (Å²) in [6, 6.07) is -0.906. The number of carbonyl (C=O) groups excluding carboxylic acids is 1. The van der Waals surface area contributed by atoms with Crippen LogP contribution in [0.1, 0.15) is 219 Å². The number of hydrogen-bond donors (Lipinski definition) is 2. The molecular weight excluding hydrogens is 768 g/mol. The second-order valence-corrected chi connectivity index (χ2v) is 19.6. The molecule has 0 aliphatic rings. The number of quaternary nitrogens is 1. The number of rotatable bonds is 45. The zero-order valence-corrected chi connectivity index (χ0v) is 40.8. The molecule has 0 saturated heterocycles. The Hall–Kier alpha value is -1.54. The van der Waals surface area contributed by atoms with Gasteiger partial charge in [-0.2, -0.15) is 0 Å². The van der Waals surface area contributed by atoms with E-state index in [-0.39, 0.29) is 12.5 Å². The van der Waals surface area contributed by atoms with Crippen molar-refractivity contribution in [2.75, 3.05) is 40.9 Å². The summed E-state index contributed by atoms with van der Waals surface area (Å²) in [6.07, 6.45) is 54.5. The van der Waals surface area contributed by atoms with Crippen molar-refractivity contribution in [3.63, 3.8) is 0 Å². The molecule has 2 N–H and O–H groups in total. The molecule has 0 aromatic rings. The standard InChI is InChI=1S/C51H97N2O6P/c1-6-8-10-12-14-16-18-20-22-24-26-28-30-32-34-36-38-40-42-44-50(54)49(48-59-60(56,57)58-47-46-53(3,4)5)52-51(55)45-43-41-39-37-35-33-31-29-27-25-23-21-19-17-15-13-11-9-7-2/h15,17,21,23,34,36,42,44,49-50,54H,6-14,16,18-20,22,24-33,35,37-41,43,45-48H2,1-5H3,(H-,52,55,56,57)/b17-15-,23-21-,36-34+,44-42+. The van der Waals surface area contributed by atoms with Crippen LogP contribution in [0.4, 0.5) is 0 Å². The van der Waals surface area contributed by atoms with Crippen LogP contribution in [-0.4, -0.2) is 68.5 Å². The molecule has 0 saturated carbocycles. The van der Waals surface area contributed by atoms with Gasteiger partial charge < -0.3 is 28.8 Å². The summed E-state index contributed by atoms with van der Waals surface area (Å²) in [5.74, 6) is -0.212. The number of allylic oxidation sites excluding steroid dienone is 7. The molecular formula is C51H97N2O6P. The van der Waals surface area contributed by atoms with Crippen LogP contribution in [0.2, 0.25) is 0 Å². The zero-order chi connectivity index (χ0) is 44.3. The molecule has 0 aromatic carbocycles. The van der Waals surface area contributed by atoms with Crippen molar-refractivity contribution in [3.05, 3.63) is 48.6 Å². The molecule has 352 valence electrons. The Balaban J connectivity index is 4.39. The number of amides is 1. The van der Waals surface area contributed by atoms with Crippen molar-refractivity contribution >= 4 is 13.7 Å². The highest BCUT2D eigenvalue weighted by molar-refractivity contribution is 7.45. The smallest absolute Gasteiger partial charge is 0.268 e. The van der Waals surface area contributed by atoms with E-state index in [1.54, 1.807) is 6.08 Å². The predicted molar refractivity (Wildman–Crippen MR) is 256 cm³/mol. The normalized spacial score (nSPS) is 14.6. The van der Waals surface area contributed by atoms with Gasteiger partial charge in [0.25, 0.3) is 7.82 Å². The summed E-state index contributed by atoms with van der Waals surface area (Å²) >= 11 is 0. The number of phosphoric ester groups is 1. The average Bonchev–Trinajstić information content (AvgIpc) is 3.20. The number of aliphatic hydroxyl groups excluding tert-OH is 1. The lowest BCUT2D eigenvalue weighted by Crippen LogP contribution is -2.45. The van der Waals surface area contributed by atoms with Crippen LogP contribution < -0.4 is 10.2 Å². The molecule has 0 aromatic heterocycles. The molecule has 0 aliphatic carbocycles. The second kappa shape index (κ2) is 42.7. The molecule has 8 nitrogen and oxygen atoms in total. The number of nitrogens with zero attached hydrogens (tertiary/aromatic N) is 1. The lowest BCUT2D eigenvalue weighted by molar-refractivity contribution is -0.870. The molecule has 0 radical (unpaired) electrons. The fraction of sp³-hybridized carbons (Fsp3) is 0.824. The Morgan fingerprint density at radius 2 is 0.983 bits per heavy atom. The van der Waals surface area contributed by atoms with Gasteiger partial charge in [0.2, 0.25) is 5.91 Å². The van der Waals surface area contributed by atoms with E-state index >= 15 is 0 Å². The van der Waals surface area contributed by atoms with Gasteiger partial charge in [-0.15, -0.1) is 0 Å². The maximum absolute atomic E-state index is 12.9. The summed E-state index contributed by atoms with van der Waals surface area (Å²) in [6.45, 7) is 4.61. The first-order valence-corrected chi connectivity index (χ1v) is 26.5. The highest BCUT2D eigenvalue weighted by atomic mass is 31.2. The molecule has 0 heterocycles. The first-order valence-electron chi connectivity index (χ1n) is 25.0. The number of aliphatic hydroxyl groups is 1. The van der Waals surface area contributed by atoms with E-state index in [1.807, 2.05) is 27.2 Å². The van der Waals surface area contributed by atoms with Crippen molar-refractivity contribution in [1.82, 2.24) is 5.32 Å². The Kier molecular flexibility index (Phi) is 41.6. The largest absolute Gasteiger partial charge is 0.756 e. The monoisotopic (exact) mass is 865 g/mol. The Labute approximate surface area is 371 Å². The summed E-state index contributed by atoms with van der Waals surface area (Å²) in [7, 11) is 1.24. The number of nitrogens with one attached hydrogen (secondary N) is 1. The maximum atomic E-state index is 12.9. The maximum Gasteiger partial charge on any atom is 0.268 e. The Bertz CT molecular complexity index is 1120. The van der Waals surface area contributed by atoms with Crippen LogP contribution in [0, 0.1) is 0 Å². The highest BCUT2D eigenvalue weighted by Gasteiger charge is 2.23. The molecule has 0 spiro atoms. The van der Waals surface area contributed by atoms with Crippen LogP contribution in [0.25, 0.3) is 0 Å². The molecule has 0 rings (SSSR count). The fourth-order valence-corrected chi connectivity index (χ4v) is 7.74. The van der Waals surface area contributed by atoms with Crippen molar-refractivity contribution in [3.8, 4) is 0 Å². The SMILES string of the molecule is CCCCC/C=C\C/C=C\CCCCCCCCCCCC(=O)NC(COP(=O)([O-])OCC[N+](C)(C)C)C(O)/C=C/CC/C=C/CCCCCCCCCCCCCCC. The van der Waals surface area contributed by atoms with E-state index in [0.29, 0.717) is 17.4 Å². The highest BCUT2D eigenvalue weighted by Crippen LogP contribution is 2.38. The Morgan fingerprint density at radius 1 is 0.583 bits per heavy atom. The van der Waals surface area contributed by atoms with Gasteiger partial charge in [-0.05, 0) is 64.2 Å². The third-order valence-electron chi connectivity index (χ3n) is 11.0. The van der Waals surface area contributed by atoms with E-state index in [9.17, 15) is 19.4 Å². The van der Waals surface area contributed by atoms with Gasteiger partial charge in [-0.3, -0.25) is 9.36 Å². The minimum Gasteiger partial charge on any atom is -0.756 e. The number of phosphoric acid groups is 1. The van der Waals surface area contributed by atoms with Crippen molar-refractivity contribution in [1.29, 1.82) is 0 Å². The van der Waals surface area contributed by atoms with Crippen LogP contribution in [-0.2, 0) is 18.4 Å². The van der Waals surface area contributed by atoms with Gasteiger partial charge >= 0.3 is 0 Å². The molecule has 0 fully saturated rings. The fourth-order valence-electron chi connectivity index (χ4n) is 7.02. The summed E-state index contributed by atoms with van der Waals surface area (Å²) in [5.41, 5.74) is 0.